The highest BCUT2D eigenvalue weighted by Gasteiger charge is 2.04. The first-order valence-electron chi connectivity index (χ1n) is 4.20. The number of hydrogen-bond donors (Lipinski definition) is 0. The maximum absolute atomic E-state index is 4.34. The van der Waals surface area contributed by atoms with Crippen molar-refractivity contribution in [1.82, 2.24) is 4.98 Å². The molecule has 0 saturated heterocycles. The predicted octanol–water partition coefficient (Wildman–Crippen LogP) is 3.46. The summed E-state index contributed by atoms with van der Waals surface area (Å²) in [5, 5.41) is 1.26. The van der Waals surface area contributed by atoms with E-state index >= 15 is 0 Å². The predicted molar refractivity (Wildman–Crippen MR) is 63.9 cm³/mol. The molecule has 66 valence electrons. The van der Waals surface area contributed by atoms with Crippen LogP contribution in [0.1, 0.15) is 11.1 Å². The Kier molecular flexibility index (Phi) is 2.24. The first kappa shape index (κ1) is 8.94. The van der Waals surface area contributed by atoms with E-state index in [2.05, 4.69) is 53.6 Å². The van der Waals surface area contributed by atoms with Crippen LogP contribution in [0, 0.1) is 17.4 Å². The first-order chi connectivity index (χ1) is 6.20. The third kappa shape index (κ3) is 1.43. The molecule has 0 spiro atoms. The Morgan fingerprint density at radius 2 is 2.08 bits per heavy atom. The van der Waals surface area contributed by atoms with Gasteiger partial charge in [0, 0.05) is 15.2 Å². The van der Waals surface area contributed by atoms with E-state index in [4.69, 9.17) is 0 Å². The van der Waals surface area contributed by atoms with E-state index in [9.17, 15) is 0 Å². The topological polar surface area (TPSA) is 12.9 Å². The maximum atomic E-state index is 4.34. The molecular formula is C11H10IN. The lowest BCUT2D eigenvalue weighted by Gasteiger charge is -2.06. The molecule has 0 atom stereocenters. The smallest absolute Gasteiger partial charge is 0.0715 e. The van der Waals surface area contributed by atoms with Crippen molar-refractivity contribution in [2.24, 2.45) is 0 Å². The second-order valence-electron chi connectivity index (χ2n) is 3.20. The zero-order valence-corrected chi connectivity index (χ0v) is 9.79. The van der Waals surface area contributed by atoms with E-state index in [1.54, 1.807) is 0 Å². The molecule has 2 heteroatoms. The summed E-state index contributed by atoms with van der Waals surface area (Å²) in [6, 6.07) is 6.25. The Hall–Kier alpha value is -0.640. The van der Waals surface area contributed by atoms with Crippen molar-refractivity contribution in [3.05, 3.63) is 39.1 Å². The standard InChI is InChI=1S/C11H10IN/c1-7-6-10-9(4-3-5-13-10)11(12)8(7)2/h3-6H,1-2H3. The maximum Gasteiger partial charge on any atom is 0.0715 e. The van der Waals surface area contributed by atoms with Crippen LogP contribution in [0.25, 0.3) is 10.9 Å². The number of nitrogens with zero attached hydrogens (tertiary/aromatic N) is 1. The van der Waals surface area contributed by atoms with Gasteiger partial charge in [0.15, 0.2) is 0 Å². The molecule has 0 unspecified atom stereocenters. The fourth-order valence-electron chi connectivity index (χ4n) is 1.41. The Labute approximate surface area is 91.3 Å². The van der Waals surface area contributed by atoms with Crippen LogP contribution < -0.4 is 0 Å². The van der Waals surface area contributed by atoms with Gasteiger partial charge in [0.2, 0.25) is 0 Å². The van der Waals surface area contributed by atoms with E-state index in [0.717, 1.165) is 5.52 Å². The van der Waals surface area contributed by atoms with Crippen molar-refractivity contribution in [2.45, 2.75) is 13.8 Å². The van der Waals surface area contributed by atoms with Crippen molar-refractivity contribution in [3.8, 4) is 0 Å². The summed E-state index contributed by atoms with van der Waals surface area (Å²) in [7, 11) is 0. The summed E-state index contributed by atoms with van der Waals surface area (Å²) in [5.41, 5.74) is 3.77. The molecule has 1 aromatic heterocycles. The molecule has 0 fully saturated rings. The summed E-state index contributed by atoms with van der Waals surface area (Å²) in [5.74, 6) is 0. The fraction of sp³-hybridized carbons (Fsp3) is 0.182. The van der Waals surface area contributed by atoms with Crippen LogP contribution in [0.2, 0.25) is 0 Å². The van der Waals surface area contributed by atoms with Crippen LogP contribution in [-0.2, 0) is 0 Å². The molecule has 0 aliphatic heterocycles. The number of rotatable bonds is 0. The summed E-state index contributed by atoms with van der Waals surface area (Å²) in [6.07, 6.45) is 1.84. The van der Waals surface area contributed by atoms with Crippen molar-refractivity contribution < 1.29 is 0 Å². The number of aromatic nitrogens is 1. The molecule has 0 bridgehead atoms. The highest BCUT2D eigenvalue weighted by molar-refractivity contribution is 14.1. The third-order valence-electron chi connectivity index (χ3n) is 2.35. The van der Waals surface area contributed by atoms with Crippen molar-refractivity contribution in [2.75, 3.05) is 0 Å². The normalized spacial score (nSPS) is 10.7. The summed E-state index contributed by atoms with van der Waals surface area (Å²) in [4.78, 5) is 4.34. The van der Waals surface area contributed by atoms with Gasteiger partial charge in [-0.05, 0) is 59.7 Å². The minimum Gasteiger partial charge on any atom is -0.256 e. The van der Waals surface area contributed by atoms with Gasteiger partial charge in [-0.15, -0.1) is 0 Å². The Bertz CT molecular complexity index is 463. The van der Waals surface area contributed by atoms with Gasteiger partial charge in [0.1, 0.15) is 0 Å². The van der Waals surface area contributed by atoms with Gasteiger partial charge < -0.3 is 0 Å². The van der Waals surface area contributed by atoms with E-state index in [1.165, 1.54) is 20.1 Å². The highest BCUT2D eigenvalue weighted by atomic mass is 127. The molecular weight excluding hydrogens is 273 g/mol. The van der Waals surface area contributed by atoms with Gasteiger partial charge in [0.25, 0.3) is 0 Å². The van der Waals surface area contributed by atoms with Crippen LogP contribution in [0.5, 0.6) is 0 Å². The minimum atomic E-state index is 1.09. The number of halogens is 1. The highest BCUT2D eigenvalue weighted by Crippen LogP contribution is 2.24. The van der Waals surface area contributed by atoms with Crippen molar-refractivity contribution in [3.63, 3.8) is 0 Å². The second kappa shape index (κ2) is 3.25. The molecule has 0 amide bonds. The largest absolute Gasteiger partial charge is 0.256 e. The number of fused-ring (bicyclic) bond motifs is 1. The number of hydrogen-bond acceptors (Lipinski definition) is 1. The molecule has 0 radical (unpaired) electrons. The minimum absolute atomic E-state index is 1.09. The van der Waals surface area contributed by atoms with E-state index in [-0.39, 0.29) is 0 Å². The van der Waals surface area contributed by atoms with Gasteiger partial charge in [-0.3, -0.25) is 4.98 Å². The molecule has 13 heavy (non-hydrogen) atoms. The third-order valence-corrected chi connectivity index (χ3v) is 3.74. The SMILES string of the molecule is Cc1cc2ncccc2c(I)c1C. The lowest BCUT2D eigenvalue weighted by Crippen LogP contribution is -1.89. The molecule has 0 saturated carbocycles. The number of pyridine rings is 1. The van der Waals surface area contributed by atoms with E-state index in [0.29, 0.717) is 0 Å². The Morgan fingerprint density at radius 3 is 2.85 bits per heavy atom. The summed E-state index contributed by atoms with van der Waals surface area (Å²) >= 11 is 2.39. The molecule has 1 aromatic carbocycles. The molecule has 1 heterocycles. The zero-order chi connectivity index (χ0) is 9.42. The van der Waals surface area contributed by atoms with Gasteiger partial charge in [-0.2, -0.15) is 0 Å². The first-order valence-corrected chi connectivity index (χ1v) is 5.28. The van der Waals surface area contributed by atoms with E-state index in [1.807, 2.05) is 12.3 Å². The van der Waals surface area contributed by atoms with Crippen molar-refractivity contribution >= 4 is 33.5 Å². The number of benzene rings is 1. The monoisotopic (exact) mass is 283 g/mol. The number of aryl methyl sites for hydroxylation is 1. The van der Waals surface area contributed by atoms with Crippen LogP contribution in [0.3, 0.4) is 0 Å². The molecule has 2 rings (SSSR count). The quantitative estimate of drug-likeness (QED) is 0.675. The lowest BCUT2D eigenvalue weighted by atomic mass is 10.1. The van der Waals surface area contributed by atoms with Crippen LogP contribution in [0.4, 0.5) is 0 Å². The molecule has 1 nitrogen and oxygen atoms in total. The molecule has 0 aliphatic rings. The molecule has 2 aromatic rings. The summed E-state index contributed by atoms with van der Waals surface area (Å²) < 4.78 is 1.32. The average Bonchev–Trinajstić information content (AvgIpc) is 2.15. The zero-order valence-electron chi connectivity index (χ0n) is 7.63. The van der Waals surface area contributed by atoms with Gasteiger partial charge in [-0.1, -0.05) is 6.07 Å². The Morgan fingerprint density at radius 1 is 1.31 bits per heavy atom. The fourth-order valence-corrected chi connectivity index (χ4v) is 2.29. The molecule has 0 aliphatic carbocycles. The van der Waals surface area contributed by atoms with Crippen LogP contribution in [0.15, 0.2) is 24.4 Å². The van der Waals surface area contributed by atoms with Gasteiger partial charge in [0.05, 0.1) is 5.52 Å². The van der Waals surface area contributed by atoms with E-state index < -0.39 is 0 Å². The lowest BCUT2D eigenvalue weighted by molar-refractivity contribution is 1.31. The van der Waals surface area contributed by atoms with Gasteiger partial charge in [-0.25, -0.2) is 0 Å². The average molecular weight is 283 g/mol. The summed E-state index contributed by atoms with van der Waals surface area (Å²) in [6.45, 7) is 4.29. The second-order valence-corrected chi connectivity index (χ2v) is 4.28. The molecule has 0 N–H and O–H groups in total. The van der Waals surface area contributed by atoms with Gasteiger partial charge >= 0.3 is 0 Å². The van der Waals surface area contributed by atoms with Crippen molar-refractivity contribution in [1.29, 1.82) is 0 Å². The van der Waals surface area contributed by atoms with Crippen LogP contribution in [-0.4, -0.2) is 4.98 Å². The van der Waals surface area contributed by atoms with Crippen LogP contribution >= 0.6 is 22.6 Å². The Balaban J connectivity index is 2.94.